The zero-order valence-corrected chi connectivity index (χ0v) is 14.3. The predicted molar refractivity (Wildman–Crippen MR) is 89.2 cm³/mol. The van der Waals surface area contributed by atoms with E-state index in [0.717, 1.165) is 5.56 Å². The summed E-state index contributed by atoms with van der Waals surface area (Å²) >= 11 is 7.20. The van der Waals surface area contributed by atoms with E-state index in [2.05, 4.69) is 4.99 Å². The van der Waals surface area contributed by atoms with Crippen LogP contribution >= 0.6 is 23.4 Å². The molecule has 2 aliphatic rings. The lowest BCUT2D eigenvalue weighted by atomic mass is 10.1. The zero-order valence-electron chi connectivity index (χ0n) is 11.9. The number of benzene rings is 1. The summed E-state index contributed by atoms with van der Waals surface area (Å²) in [6, 6.07) is 7.00. The maximum atomic E-state index is 12.1. The van der Waals surface area contributed by atoms with Crippen LogP contribution in [0.1, 0.15) is 5.56 Å². The van der Waals surface area contributed by atoms with Crippen LogP contribution in [0.4, 0.5) is 0 Å². The van der Waals surface area contributed by atoms with Gasteiger partial charge >= 0.3 is 0 Å². The first-order valence-corrected chi connectivity index (χ1v) is 9.88. The van der Waals surface area contributed by atoms with Crippen LogP contribution in [0.5, 0.6) is 0 Å². The fraction of sp³-hybridized carbons (Fsp3) is 0.429. The molecule has 0 spiro atoms. The Morgan fingerprint density at radius 1 is 1.36 bits per heavy atom. The molecular weight excluding hydrogens is 344 g/mol. The average Bonchev–Trinajstić information content (AvgIpc) is 2.87. The standard InChI is InChI=1S/C14H15ClN2O3S2/c1-17-11-7-22(19,20)8-12(11)21-14(17)16-13(18)6-9-2-4-10(15)5-3-9/h2-5,11-12H,6-8H2,1H3. The normalized spacial score (nSPS) is 28.1. The molecule has 2 saturated heterocycles. The van der Waals surface area contributed by atoms with E-state index >= 15 is 0 Å². The van der Waals surface area contributed by atoms with Crippen molar-refractivity contribution in [3.05, 3.63) is 34.9 Å². The van der Waals surface area contributed by atoms with Crippen LogP contribution in [0.3, 0.4) is 0 Å². The van der Waals surface area contributed by atoms with Gasteiger partial charge in [-0.15, -0.1) is 0 Å². The number of halogens is 1. The first kappa shape index (κ1) is 15.8. The highest BCUT2D eigenvalue weighted by Gasteiger charge is 2.47. The number of hydrogen-bond acceptors (Lipinski definition) is 4. The molecule has 5 nitrogen and oxygen atoms in total. The van der Waals surface area contributed by atoms with Crippen molar-refractivity contribution in [2.24, 2.45) is 4.99 Å². The molecule has 0 aliphatic carbocycles. The van der Waals surface area contributed by atoms with E-state index in [1.807, 2.05) is 4.90 Å². The molecule has 2 heterocycles. The molecule has 0 bridgehead atoms. The molecule has 2 atom stereocenters. The van der Waals surface area contributed by atoms with Crippen LogP contribution in [0.2, 0.25) is 5.02 Å². The summed E-state index contributed by atoms with van der Waals surface area (Å²) in [6.45, 7) is 0. The maximum Gasteiger partial charge on any atom is 0.252 e. The SMILES string of the molecule is CN1C(=NC(=O)Cc2ccc(Cl)cc2)SC2CS(=O)(=O)CC21. The van der Waals surface area contributed by atoms with Crippen molar-refractivity contribution in [1.82, 2.24) is 4.90 Å². The van der Waals surface area contributed by atoms with Gasteiger partial charge in [-0.2, -0.15) is 4.99 Å². The molecule has 0 N–H and O–H groups in total. The minimum atomic E-state index is -2.96. The van der Waals surface area contributed by atoms with Crippen LogP contribution < -0.4 is 0 Å². The molecule has 2 fully saturated rings. The smallest absolute Gasteiger partial charge is 0.252 e. The van der Waals surface area contributed by atoms with Crippen molar-refractivity contribution in [3.8, 4) is 0 Å². The highest BCUT2D eigenvalue weighted by Crippen LogP contribution is 2.36. The lowest BCUT2D eigenvalue weighted by molar-refractivity contribution is -0.117. The van der Waals surface area contributed by atoms with E-state index in [0.29, 0.717) is 10.2 Å². The van der Waals surface area contributed by atoms with E-state index in [4.69, 9.17) is 11.6 Å². The molecule has 1 amide bonds. The molecule has 3 rings (SSSR count). The van der Waals surface area contributed by atoms with Crippen LogP contribution in [0.15, 0.2) is 29.3 Å². The Kier molecular flexibility index (Phi) is 4.22. The highest BCUT2D eigenvalue weighted by atomic mass is 35.5. The monoisotopic (exact) mass is 358 g/mol. The number of fused-ring (bicyclic) bond motifs is 1. The molecule has 0 saturated carbocycles. The van der Waals surface area contributed by atoms with Crippen molar-refractivity contribution in [1.29, 1.82) is 0 Å². The van der Waals surface area contributed by atoms with E-state index in [-0.39, 0.29) is 35.1 Å². The number of amides is 1. The van der Waals surface area contributed by atoms with Gasteiger partial charge in [0.05, 0.1) is 24.0 Å². The zero-order chi connectivity index (χ0) is 15.9. The molecule has 22 heavy (non-hydrogen) atoms. The van der Waals surface area contributed by atoms with Gasteiger partial charge in [-0.05, 0) is 17.7 Å². The summed E-state index contributed by atoms with van der Waals surface area (Å²) in [6.07, 6.45) is 0.211. The topological polar surface area (TPSA) is 66.8 Å². The van der Waals surface area contributed by atoms with Crippen molar-refractivity contribution in [2.45, 2.75) is 17.7 Å². The van der Waals surface area contributed by atoms with Crippen LogP contribution in [0, 0.1) is 0 Å². The Labute approximate surface area is 138 Å². The van der Waals surface area contributed by atoms with Crippen molar-refractivity contribution >= 4 is 44.3 Å². The number of nitrogens with zero attached hydrogens (tertiary/aromatic N) is 2. The number of carbonyl (C=O) groups excluding carboxylic acids is 1. The molecule has 2 aliphatic heterocycles. The fourth-order valence-electron chi connectivity index (χ4n) is 2.66. The number of thioether (sulfide) groups is 1. The summed E-state index contributed by atoms with van der Waals surface area (Å²) in [5, 5.41) is 1.23. The summed E-state index contributed by atoms with van der Waals surface area (Å²) in [5.41, 5.74) is 0.854. The number of rotatable bonds is 2. The molecule has 0 radical (unpaired) electrons. The Morgan fingerprint density at radius 3 is 2.68 bits per heavy atom. The summed E-state index contributed by atoms with van der Waals surface area (Å²) in [4.78, 5) is 18.0. The van der Waals surface area contributed by atoms with E-state index in [9.17, 15) is 13.2 Å². The second-order valence-corrected chi connectivity index (χ2v) is 9.30. The molecule has 1 aromatic carbocycles. The Hall–Kier alpha value is -1.05. The van der Waals surface area contributed by atoms with Crippen molar-refractivity contribution < 1.29 is 13.2 Å². The van der Waals surface area contributed by atoms with Crippen molar-refractivity contribution in [2.75, 3.05) is 18.6 Å². The van der Waals surface area contributed by atoms with Crippen LogP contribution in [0.25, 0.3) is 0 Å². The number of carbonyl (C=O) groups is 1. The molecule has 2 unspecified atom stereocenters. The predicted octanol–water partition coefficient (Wildman–Crippen LogP) is 1.61. The Morgan fingerprint density at radius 2 is 2.05 bits per heavy atom. The van der Waals surface area contributed by atoms with Crippen molar-refractivity contribution in [3.63, 3.8) is 0 Å². The maximum absolute atomic E-state index is 12.1. The second kappa shape index (κ2) is 5.86. The van der Waals surface area contributed by atoms with Gasteiger partial charge in [0.1, 0.15) is 0 Å². The van der Waals surface area contributed by atoms with Gasteiger partial charge in [-0.25, -0.2) is 8.42 Å². The van der Waals surface area contributed by atoms with Crippen LogP contribution in [-0.2, 0) is 21.1 Å². The number of aliphatic imine (C=N–C) groups is 1. The van der Waals surface area contributed by atoms with Crippen LogP contribution in [-0.4, -0.2) is 54.2 Å². The number of amidine groups is 1. The first-order valence-electron chi connectivity index (χ1n) is 6.80. The molecular formula is C14H15ClN2O3S2. The Bertz CT molecular complexity index is 731. The van der Waals surface area contributed by atoms with Gasteiger partial charge in [-0.3, -0.25) is 4.79 Å². The lowest BCUT2D eigenvalue weighted by Gasteiger charge is -2.17. The molecule has 0 aromatic heterocycles. The van der Waals surface area contributed by atoms with E-state index in [1.165, 1.54) is 11.8 Å². The Balaban J connectivity index is 1.68. The van der Waals surface area contributed by atoms with Gasteiger partial charge in [0.25, 0.3) is 5.91 Å². The third-order valence-electron chi connectivity index (χ3n) is 3.82. The van der Waals surface area contributed by atoms with Gasteiger partial charge in [-0.1, -0.05) is 35.5 Å². The van der Waals surface area contributed by atoms with Gasteiger partial charge in [0.15, 0.2) is 15.0 Å². The van der Waals surface area contributed by atoms with E-state index < -0.39 is 9.84 Å². The third kappa shape index (κ3) is 3.31. The third-order valence-corrected chi connectivity index (χ3v) is 7.37. The largest absolute Gasteiger partial charge is 0.349 e. The second-order valence-electron chi connectivity index (χ2n) is 5.50. The van der Waals surface area contributed by atoms with Gasteiger partial charge in [0.2, 0.25) is 0 Å². The average molecular weight is 359 g/mol. The summed E-state index contributed by atoms with van der Waals surface area (Å²) in [7, 11) is -1.16. The van der Waals surface area contributed by atoms with Gasteiger partial charge in [0, 0.05) is 17.3 Å². The fourth-order valence-corrected chi connectivity index (χ4v) is 6.80. The van der Waals surface area contributed by atoms with E-state index in [1.54, 1.807) is 31.3 Å². The number of sulfone groups is 1. The molecule has 118 valence electrons. The minimum Gasteiger partial charge on any atom is -0.349 e. The minimum absolute atomic E-state index is 0.0166. The first-order chi connectivity index (χ1) is 10.3. The van der Waals surface area contributed by atoms with Gasteiger partial charge < -0.3 is 4.90 Å². The summed E-state index contributed by atoms with van der Waals surface area (Å²) < 4.78 is 23.3. The lowest BCUT2D eigenvalue weighted by Crippen LogP contribution is -2.34. The summed E-state index contributed by atoms with van der Waals surface area (Å²) in [5.74, 6) is 0.0716. The molecule has 8 heteroatoms. The molecule has 1 aromatic rings. The number of hydrogen-bond donors (Lipinski definition) is 0. The highest BCUT2D eigenvalue weighted by molar-refractivity contribution is 8.15. The quantitative estimate of drug-likeness (QED) is 0.803.